The van der Waals surface area contributed by atoms with E-state index in [4.69, 9.17) is 15.3 Å². The maximum absolute atomic E-state index is 11.2. The fraction of sp³-hybridized carbons (Fsp3) is 0.714. The number of amides is 1. The summed E-state index contributed by atoms with van der Waals surface area (Å²) in [7, 11) is -0.902. The van der Waals surface area contributed by atoms with Crippen LogP contribution < -0.4 is 11.2 Å². The molecule has 1 aliphatic heterocycles. The van der Waals surface area contributed by atoms with Gasteiger partial charge in [-0.25, -0.2) is 4.79 Å². The van der Waals surface area contributed by atoms with E-state index in [1.54, 1.807) is 0 Å². The second-order valence-electron chi connectivity index (χ2n) is 5.68. The van der Waals surface area contributed by atoms with Crippen molar-refractivity contribution >= 4 is 20.7 Å². The van der Waals surface area contributed by atoms with Crippen LogP contribution in [-0.4, -0.2) is 39.0 Å². The molecule has 0 bridgehead atoms. The average molecular weight is 314 g/mol. The largest absolute Gasteiger partial charge is 0.379 e. The molecule has 6 nitrogen and oxygen atoms in total. The average Bonchev–Trinajstić information content (AvgIpc) is 2.45. The molecule has 1 fully saturated rings. The van der Waals surface area contributed by atoms with Crippen molar-refractivity contribution in [1.29, 1.82) is 0 Å². The second-order valence-corrected chi connectivity index (χ2v) is 9.04. The molecule has 1 amide bonds. The first-order chi connectivity index (χ1) is 9.96. The number of ether oxygens (including phenoxy) is 1. The van der Waals surface area contributed by atoms with E-state index >= 15 is 0 Å². The number of hydroxylamine groups is 1. The molecule has 0 aromatic rings. The molecule has 1 heterocycles. The van der Waals surface area contributed by atoms with Crippen molar-refractivity contribution in [3.05, 3.63) is 12.2 Å². The lowest BCUT2D eigenvalue weighted by Crippen LogP contribution is -2.47. The highest BCUT2D eigenvalue weighted by Gasteiger charge is 2.36. The second kappa shape index (κ2) is 8.96. The zero-order valence-corrected chi connectivity index (χ0v) is 14.0. The van der Waals surface area contributed by atoms with E-state index in [1.165, 1.54) is 6.42 Å². The molecule has 1 unspecified atom stereocenters. The predicted octanol–water partition coefficient (Wildman–Crippen LogP) is 0.821. The summed E-state index contributed by atoms with van der Waals surface area (Å²) in [5.74, 6) is -1.30. The van der Waals surface area contributed by atoms with E-state index in [-0.39, 0.29) is 5.22 Å². The van der Waals surface area contributed by atoms with Crippen molar-refractivity contribution < 1.29 is 19.2 Å². The number of carbonyl (C=O) groups excluding carboxylic acids is 2. The molecular formula is C14H26N2O4Si. The van der Waals surface area contributed by atoms with Crippen LogP contribution in [0.5, 0.6) is 0 Å². The fourth-order valence-electron chi connectivity index (χ4n) is 2.58. The van der Waals surface area contributed by atoms with E-state index in [2.05, 4.69) is 18.6 Å². The normalized spacial score (nSPS) is 22.6. The Labute approximate surface area is 127 Å². The number of carbonyl (C=O) groups is 2. The van der Waals surface area contributed by atoms with Crippen molar-refractivity contribution in [2.45, 2.75) is 50.4 Å². The van der Waals surface area contributed by atoms with Gasteiger partial charge < -0.3 is 15.3 Å². The Bertz CT molecular complexity index is 379. The van der Waals surface area contributed by atoms with Gasteiger partial charge in [0, 0.05) is 25.3 Å². The van der Waals surface area contributed by atoms with Crippen LogP contribution in [0.25, 0.3) is 0 Å². The summed E-state index contributed by atoms with van der Waals surface area (Å²) in [4.78, 5) is 26.4. The van der Waals surface area contributed by atoms with Gasteiger partial charge in [-0.2, -0.15) is 5.48 Å². The summed E-state index contributed by atoms with van der Waals surface area (Å²) >= 11 is 0. The Morgan fingerprint density at radius 2 is 2.14 bits per heavy atom. The van der Waals surface area contributed by atoms with Crippen molar-refractivity contribution in [1.82, 2.24) is 5.48 Å². The molecule has 0 radical (unpaired) electrons. The molecule has 0 aromatic heterocycles. The number of hydrogen-bond acceptors (Lipinski definition) is 5. The van der Waals surface area contributed by atoms with Gasteiger partial charge in [0.05, 0.1) is 14.0 Å². The number of rotatable bonds is 8. The Morgan fingerprint density at radius 1 is 1.38 bits per heavy atom. The third-order valence-corrected chi connectivity index (χ3v) is 6.72. The predicted molar refractivity (Wildman–Crippen MR) is 83.1 cm³/mol. The smallest absolute Gasteiger partial charge is 0.349 e. The van der Waals surface area contributed by atoms with Crippen LogP contribution in [0.4, 0.5) is 0 Å². The maximum Gasteiger partial charge on any atom is 0.349 e. The molecule has 0 aromatic carbocycles. The Morgan fingerprint density at radius 3 is 2.71 bits per heavy atom. The standard InChI is InChI=1S/C14H26N2O4Si/c1-21(2)14(8-3-4-11-19-14)9-5-10-16-20-13(18)7-6-12(15)17/h6-7,16,21H,3-5,8-11H2,1-2H3,(H2,15,17)/b7-6-. The molecule has 3 N–H and O–H groups in total. The van der Waals surface area contributed by atoms with Gasteiger partial charge in [-0.05, 0) is 32.1 Å². The van der Waals surface area contributed by atoms with Crippen LogP contribution >= 0.6 is 0 Å². The highest BCUT2D eigenvalue weighted by molar-refractivity contribution is 6.59. The molecule has 0 aliphatic carbocycles. The van der Waals surface area contributed by atoms with Crippen LogP contribution in [-0.2, 0) is 19.2 Å². The van der Waals surface area contributed by atoms with Crippen LogP contribution in [0, 0.1) is 0 Å². The zero-order chi connectivity index (χ0) is 15.7. The molecule has 7 heteroatoms. The number of nitrogens with one attached hydrogen (secondary N) is 1. The summed E-state index contributed by atoms with van der Waals surface area (Å²) in [5.41, 5.74) is 7.49. The minimum Gasteiger partial charge on any atom is -0.379 e. The lowest BCUT2D eigenvalue weighted by atomic mass is 10.0. The fourth-order valence-corrected chi connectivity index (χ4v) is 4.60. The van der Waals surface area contributed by atoms with Crippen molar-refractivity contribution in [3.8, 4) is 0 Å². The molecule has 21 heavy (non-hydrogen) atoms. The quantitative estimate of drug-likeness (QED) is 0.300. The Kier molecular flexibility index (Phi) is 7.63. The van der Waals surface area contributed by atoms with Gasteiger partial charge in [0.15, 0.2) is 0 Å². The van der Waals surface area contributed by atoms with Crippen LogP contribution in [0.3, 0.4) is 0 Å². The van der Waals surface area contributed by atoms with Crippen LogP contribution in [0.15, 0.2) is 12.2 Å². The topological polar surface area (TPSA) is 90.6 Å². The lowest BCUT2D eigenvalue weighted by Gasteiger charge is -2.40. The van der Waals surface area contributed by atoms with E-state index < -0.39 is 20.7 Å². The number of primary amides is 1. The SMILES string of the molecule is C[SiH](C)C1(CCCNOC(=O)/C=C\C(N)=O)CCCCO1. The lowest BCUT2D eigenvalue weighted by molar-refractivity contribution is -0.145. The van der Waals surface area contributed by atoms with E-state index in [0.29, 0.717) is 6.54 Å². The van der Waals surface area contributed by atoms with E-state index in [9.17, 15) is 9.59 Å². The first-order valence-electron chi connectivity index (χ1n) is 7.51. The van der Waals surface area contributed by atoms with Crippen molar-refractivity contribution in [2.75, 3.05) is 13.2 Å². The van der Waals surface area contributed by atoms with Gasteiger partial charge in [-0.3, -0.25) is 4.79 Å². The highest BCUT2D eigenvalue weighted by atomic mass is 28.3. The third-order valence-electron chi connectivity index (χ3n) is 3.87. The maximum atomic E-state index is 11.2. The van der Waals surface area contributed by atoms with Crippen molar-refractivity contribution in [3.63, 3.8) is 0 Å². The Hall–Kier alpha value is -1.18. The van der Waals surface area contributed by atoms with Gasteiger partial charge in [-0.15, -0.1) is 0 Å². The summed E-state index contributed by atoms with van der Waals surface area (Å²) in [6, 6.07) is 0. The monoisotopic (exact) mass is 314 g/mol. The van der Waals surface area contributed by atoms with Gasteiger partial charge in [0.1, 0.15) is 0 Å². The third kappa shape index (κ3) is 6.41. The minimum atomic E-state index is -0.902. The summed E-state index contributed by atoms with van der Waals surface area (Å²) in [6.07, 6.45) is 7.41. The first-order valence-corrected chi connectivity index (χ1v) is 10.4. The summed E-state index contributed by atoms with van der Waals surface area (Å²) < 4.78 is 6.08. The van der Waals surface area contributed by atoms with E-state index in [1.807, 2.05) is 0 Å². The van der Waals surface area contributed by atoms with Gasteiger partial charge in [-0.1, -0.05) is 13.1 Å². The van der Waals surface area contributed by atoms with E-state index in [0.717, 1.165) is 44.4 Å². The van der Waals surface area contributed by atoms with Crippen molar-refractivity contribution in [2.24, 2.45) is 5.73 Å². The molecular weight excluding hydrogens is 288 g/mol. The zero-order valence-electron chi connectivity index (χ0n) is 12.9. The molecule has 1 rings (SSSR count). The molecule has 1 aliphatic rings. The molecule has 120 valence electrons. The molecule has 0 saturated carbocycles. The highest BCUT2D eigenvalue weighted by Crippen LogP contribution is 2.31. The number of nitrogens with two attached hydrogens (primary N) is 1. The summed E-state index contributed by atoms with van der Waals surface area (Å²) in [6.45, 7) is 6.09. The molecule has 0 spiro atoms. The molecule has 1 saturated heterocycles. The van der Waals surface area contributed by atoms with Gasteiger partial charge in [0.25, 0.3) is 0 Å². The number of hydrogen-bond donors (Lipinski definition) is 2. The Balaban J connectivity index is 2.23. The first kappa shape index (κ1) is 17.9. The van der Waals surface area contributed by atoms with Crippen LogP contribution in [0.2, 0.25) is 13.1 Å². The van der Waals surface area contributed by atoms with Crippen LogP contribution in [0.1, 0.15) is 32.1 Å². The van der Waals surface area contributed by atoms with Gasteiger partial charge >= 0.3 is 5.97 Å². The summed E-state index contributed by atoms with van der Waals surface area (Å²) in [5, 5.41) is 0.0931. The minimum absolute atomic E-state index is 0.0931. The van der Waals surface area contributed by atoms with Gasteiger partial charge in [0.2, 0.25) is 5.91 Å². The molecule has 1 atom stereocenters.